The molecular weight excluding hydrogens is 467 g/mol. The molecule has 3 saturated carbocycles. The van der Waals surface area contributed by atoms with E-state index in [4.69, 9.17) is 14.0 Å². The molecule has 6 unspecified atom stereocenters. The van der Waals surface area contributed by atoms with Gasteiger partial charge in [0.25, 0.3) is 0 Å². The first-order valence-electron chi connectivity index (χ1n) is 13.5. The number of benzene rings is 1. The zero-order valence-corrected chi connectivity index (χ0v) is 23.4. The van der Waals surface area contributed by atoms with E-state index in [1.54, 1.807) is 20.8 Å². The van der Waals surface area contributed by atoms with Crippen LogP contribution in [0.1, 0.15) is 73.3 Å². The predicted octanol–water partition coefficient (Wildman–Crippen LogP) is 4.84. The highest BCUT2D eigenvalue weighted by molar-refractivity contribution is 6.48. The van der Waals surface area contributed by atoms with Crippen LogP contribution in [0.15, 0.2) is 42.5 Å². The molecule has 4 fully saturated rings. The summed E-state index contributed by atoms with van der Waals surface area (Å²) >= 11 is 0. The van der Waals surface area contributed by atoms with E-state index in [0.29, 0.717) is 24.7 Å². The van der Waals surface area contributed by atoms with Crippen molar-refractivity contribution in [2.45, 2.75) is 103 Å². The van der Waals surface area contributed by atoms with Gasteiger partial charge in [-0.2, -0.15) is 0 Å². The molecule has 2 amide bonds. The maximum Gasteiger partial charge on any atom is 0.482 e. The number of hydrogen-bond acceptors (Lipinski definition) is 5. The first kappa shape index (κ1) is 27.7. The van der Waals surface area contributed by atoms with Gasteiger partial charge in [0.15, 0.2) is 0 Å². The third-order valence-corrected chi connectivity index (χ3v) is 8.48. The van der Waals surface area contributed by atoms with E-state index < -0.39 is 30.8 Å². The summed E-state index contributed by atoms with van der Waals surface area (Å²) in [6, 6.07) is 8.79. The molecule has 2 N–H and O–H groups in total. The highest BCUT2D eigenvalue weighted by Crippen LogP contribution is 2.65. The summed E-state index contributed by atoms with van der Waals surface area (Å²) in [4.78, 5) is 26.3. The van der Waals surface area contributed by atoms with Crippen LogP contribution < -0.4 is 10.6 Å². The molecule has 0 spiro atoms. The van der Waals surface area contributed by atoms with Crippen molar-refractivity contribution >= 4 is 19.1 Å². The highest BCUT2D eigenvalue weighted by atomic mass is 16.7. The third-order valence-electron chi connectivity index (χ3n) is 8.48. The van der Waals surface area contributed by atoms with Gasteiger partial charge in [0.2, 0.25) is 5.91 Å². The molecule has 7 nitrogen and oxygen atoms in total. The van der Waals surface area contributed by atoms with E-state index in [2.05, 4.69) is 38.0 Å². The molecule has 0 aromatic heterocycles. The van der Waals surface area contributed by atoms with Crippen LogP contribution in [0.2, 0.25) is 0 Å². The van der Waals surface area contributed by atoms with E-state index in [0.717, 1.165) is 24.0 Å². The second-order valence-electron chi connectivity index (χ2n) is 13.0. The van der Waals surface area contributed by atoms with Gasteiger partial charge in [0, 0.05) is 6.42 Å². The van der Waals surface area contributed by atoms with E-state index in [9.17, 15) is 9.59 Å². The van der Waals surface area contributed by atoms with Gasteiger partial charge >= 0.3 is 13.2 Å². The fraction of sp³-hybridized carbons (Fsp3) is 0.655. The maximum atomic E-state index is 13.6. The molecule has 5 rings (SSSR count). The molecule has 1 aliphatic heterocycles. The lowest BCUT2D eigenvalue weighted by atomic mass is 9.43. The number of carbonyl (C=O) groups is 2. The Kier molecular flexibility index (Phi) is 7.57. The Bertz CT molecular complexity index is 1020. The Morgan fingerprint density at radius 2 is 1.84 bits per heavy atom. The maximum absolute atomic E-state index is 13.6. The van der Waals surface area contributed by atoms with Crippen molar-refractivity contribution in [2.24, 2.45) is 17.3 Å². The van der Waals surface area contributed by atoms with E-state index in [1.807, 2.05) is 37.3 Å². The fourth-order valence-corrected chi connectivity index (χ4v) is 6.45. The normalized spacial score (nSPS) is 29.4. The largest absolute Gasteiger partial charge is 0.482 e. The van der Waals surface area contributed by atoms with Crippen molar-refractivity contribution in [2.75, 3.05) is 0 Å². The molecule has 2 bridgehead atoms. The molecule has 0 radical (unpaired) electrons. The van der Waals surface area contributed by atoms with Crippen LogP contribution in [0.3, 0.4) is 0 Å². The second kappa shape index (κ2) is 10.1. The zero-order chi connectivity index (χ0) is 27.2. The van der Waals surface area contributed by atoms with Gasteiger partial charge in [0.1, 0.15) is 11.6 Å². The van der Waals surface area contributed by atoms with Crippen LogP contribution in [0.4, 0.5) is 4.79 Å². The van der Waals surface area contributed by atoms with Gasteiger partial charge in [-0.15, -0.1) is 6.58 Å². The summed E-state index contributed by atoms with van der Waals surface area (Å²) in [5.74, 6) is 0.333. The van der Waals surface area contributed by atoms with E-state index >= 15 is 0 Å². The minimum absolute atomic E-state index is 0.0128. The summed E-state index contributed by atoms with van der Waals surface area (Å²) < 4.78 is 18.6. The molecule has 4 aliphatic rings. The topological polar surface area (TPSA) is 85.9 Å². The molecule has 202 valence electrons. The minimum Gasteiger partial charge on any atom is -0.444 e. The Balaban J connectivity index is 1.50. The van der Waals surface area contributed by atoms with Gasteiger partial charge in [-0.1, -0.05) is 49.8 Å². The van der Waals surface area contributed by atoms with Crippen molar-refractivity contribution < 1.29 is 23.6 Å². The summed E-state index contributed by atoms with van der Waals surface area (Å²) in [7, 11) is -0.579. The van der Waals surface area contributed by atoms with Crippen molar-refractivity contribution in [1.82, 2.24) is 10.6 Å². The molecule has 8 heteroatoms. The number of hydrogen-bond donors (Lipinski definition) is 2. The molecule has 1 saturated heterocycles. The van der Waals surface area contributed by atoms with Crippen LogP contribution in [0.5, 0.6) is 0 Å². The average Bonchev–Trinajstić information content (AvgIpc) is 3.14. The van der Waals surface area contributed by atoms with Gasteiger partial charge < -0.3 is 24.7 Å². The molecule has 3 aliphatic carbocycles. The number of ether oxygens (including phenoxy) is 1. The SMILES string of the molecule is C=C(C)CC(NC(=O)C(Cc1ccccc1)NC(=O)OC(C)(C)C)B1OC2CC3CC(C3(C)C)C2(C)O1. The number of carbonyl (C=O) groups excluding carboxylic acids is 2. The van der Waals surface area contributed by atoms with Gasteiger partial charge in [-0.25, -0.2) is 4.79 Å². The Morgan fingerprint density at radius 1 is 1.16 bits per heavy atom. The number of alkyl carbamates (subject to hydrolysis) is 1. The van der Waals surface area contributed by atoms with Crippen molar-refractivity contribution in [3.05, 3.63) is 48.0 Å². The summed E-state index contributed by atoms with van der Waals surface area (Å²) in [5, 5.41) is 5.91. The first-order valence-corrected chi connectivity index (χ1v) is 13.5. The zero-order valence-electron chi connectivity index (χ0n) is 23.4. The summed E-state index contributed by atoms with van der Waals surface area (Å²) in [5.41, 5.74) is 1.03. The number of rotatable bonds is 8. The average molecular weight is 510 g/mol. The van der Waals surface area contributed by atoms with Crippen molar-refractivity contribution in [3.8, 4) is 0 Å². The second-order valence-corrected chi connectivity index (χ2v) is 13.0. The Hall–Kier alpha value is -2.32. The lowest BCUT2D eigenvalue weighted by Crippen LogP contribution is -2.65. The fourth-order valence-electron chi connectivity index (χ4n) is 6.45. The van der Waals surface area contributed by atoms with Gasteiger partial charge in [0.05, 0.1) is 17.6 Å². The number of amides is 2. The smallest absolute Gasteiger partial charge is 0.444 e. The molecule has 37 heavy (non-hydrogen) atoms. The monoisotopic (exact) mass is 510 g/mol. The number of nitrogens with one attached hydrogen (secondary N) is 2. The minimum atomic E-state index is -0.823. The molecule has 1 aromatic carbocycles. The lowest BCUT2D eigenvalue weighted by molar-refractivity contribution is -0.199. The molecule has 1 aromatic rings. The van der Waals surface area contributed by atoms with Gasteiger partial charge in [-0.05, 0) is 76.7 Å². The van der Waals surface area contributed by atoms with Crippen LogP contribution in [0.25, 0.3) is 0 Å². The standard InChI is InChI=1S/C29H43BN2O5/c1-18(2)14-24(30-36-23-17-20-16-22(28(20,6)7)29(23,8)37-30)32-25(33)21(15-19-12-10-9-11-13-19)31-26(34)35-27(3,4)5/h9-13,20-24H,1,14-17H2,2-8H3,(H,31,34)(H,32,33). The van der Waals surface area contributed by atoms with Crippen LogP contribution in [0, 0.1) is 17.3 Å². The first-order chi connectivity index (χ1) is 17.2. The third kappa shape index (κ3) is 5.90. The van der Waals surface area contributed by atoms with E-state index in [1.165, 1.54) is 0 Å². The Labute approximate surface area is 222 Å². The van der Waals surface area contributed by atoms with Crippen molar-refractivity contribution in [1.29, 1.82) is 0 Å². The highest BCUT2D eigenvalue weighted by Gasteiger charge is 2.68. The molecule has 1 heterocycles. The van der Waals surface area contributed by atoms with Crippen LogP contribution in [-0.4, -0.2) is 48.4 Å². The predicted molar refractivity (Wildman–Crippen MR) is 145 cm³/mol. The summed E-state index contributed by atoms with van der Waals surface area (Å²) in [6.07, 6.45) is 2.36. The van der Waals surface area contributed by atoms with Crippen LogP contribution in [-0.2, 0) is 25.3 Å². The Morgan fingerprint density at radius 3 is 2.43 bits per heavy atom. The molecular formula is C29H43BN2O5. The summed E-state index contributed by atoms with van der Waals surface area (Å²) in [6.45, 7) is 18.2. The quantitative estimate of drug-likeness (QED) is 0.386. The lowest BCUT2D eigenvalue weighted by Gasteiger charge is -2.64. The van der Waals surface area contributed by atoms with Gasteiger partial charge in [-0.3, -0.25) is 4.79 Å². The van der Waals surface area contributed by atoms with Crippen LogP contribution >= 0.6 is 0 Å². The van der Waals surface area contributed by atoms with E-state index in [-0.39, 0.29) is 23.0 Å². The molecule has 6 atom stereocenters. The van der Waals surface area contributed by atoms with Crippen molar-refractivity contribution in [3.63, 3.8) is 0 Å².